The molecule has 0 atom stereocenters. The summed E-state index contributed by atoms with van der Waals surface area (Å²) in [6.45, 7) is 3.54. The van der Waals surface area contributed by atoms with Crippen molar-refractivity contribution in [3.8, 4) is 5.75 Å². The number of rotatable bonds is 9. The smallest absolute Gasteiger partial charge is 0.142 e. The van der Waals surface area contributed by atoms with Crippen LogP contribution < -0.4 is 15.8 Å². The maximum absolute atomic E-state index is 12.1. The average Bonchev–Trinajstić information content (AvgIpc) is 2.48. The predicted molar refractivity (Wildman–Crippen MR) is 82.0 cm³/mol. The van der Waals surface area contributed by atoms with Gasteiger partial charge in [-0.25, -0.2) is 4.39 Å². The molecule has 5 heteroatoms. The highest BCUT2D eigenvalue weighted by atomic mass is 19.1. The van der Waals surface area contributed by atoms with Crippen molar-refractivity contribution in [1.82, 2.24) is 0 Å². The molecule has 0 amide bonds. The highest BCUT2D eigenvalue weighted by Crippen LogP contribution is 2.23. The van der Waals surface area contributed by atoms with Gasteiger partial charge in [0.1, 0.15) is 19.0 Å². The van der Waals surface area contributed by atoms with Crippen molar-refractivity contribution in [2.24, 2.45) is 10.7 Å². The molecule has 0 saturated carbocycles. The van der Waals surface area contributed by atoms with E-state index in [0.29, 0.717) is 24.4 Å². The molecule has 0 saturated heterocycles. The third-order valence-electron chi connectivity index (χ3n) is 2.32. The Bertz CT molecular complexity index is 472. The van der Waals surface area contributed by atoms with E-state index in [1.165, 1.54) is 0 Å². The normalized spacial score (nSPS) is 11.6. The van der Waals surface area contributed by atoms with Crippen LogP contribution in [0.25, 0.3) is 0 Å². The second-order valence-electron chi connectivity index (χ2n) is 3.95. The zero-order chi connectivity index (χ0) is 14.6. The van der Waals surface area contributed by atoms with E-state index in [-0.39, 0.29) is 6.61 Å². The van der Waals surface area contributed by atoms with Crippen LogP contribution in [0.1, 0.15) is 6.42 Å². The first-order chi connectivity index (χ1) is 9.77. The molecule has 0 aliphatic heterocycles. The summed E-state index contributed by atoms with van der Waals surface area (Å²) in [5, 5.41) is 3.13. The minimum absolute atomic E-state index is 0.0376. The fourth-order valence-electron chi connectivity index (χ4n) is 1.41. The van der Waals surface area contributed by atoms with Crippen molar-refractivity contribution < 1.29 is 9.13 Å². The van der Waals surface area contributed by atoms with Gasteiger partial charge in [0.05, 0.1) is 12.2 Å². The summed E-state index contributed by atoms with van der Waals surface area (Å²) >= 11 is 0. The van der Waals surface area contributed by atoms with Gasteiger partial charge >= 0.3 is 0 Å². The van der Waals surface area contributed by atoms with Crippen LogP contribution in [0, 0.1) is 0 Å². The number of alkyl halides is 1. The summed E-state index contributed by atoms with van der Waals surface area (Å²) in [6, 6.07) is 7.33. The van der Waals surface area contributed by atoms with E-state index < -0.39 is 6.67 Å². The zero-order valence-corrected chi connectivity index (χ0v) is 11.4. The standard InChI is InChI=1S/C15H20FN3O/c1-2-3-9-18-11-13(17)12-19-14-6-4-5-7-15(14)20-10-8-16/h2,4-7,9,11,19H,1,3,8,10,12,17H2/b13-11+,18-9-. The molecule has 3 N–H and O–H groups in total. The lowest BCUT2D eigenvalue weighted by atomic mass is 10.3. The predicted octanol–water partition coefficient (Wildman–Crippen LogP) is 2.89. The Balaban J connectivity index is 2.54. The number of nitrogens with one attached hydrogen (secondary N) is 1. The van der Waals surface area contributed by atoms with Crippen molar-refractivity contribution in [1.29, 1.82) is 0 Å². The van der Waals surface area contributed by atoms with Crippen molar-refractivity contribution in [3.63, 3.8) is 0 Å². The van der Waals surface area contributed by atoms with Gasteiger partial charge in [0.15, 0.2) is 0 Å². The summed E-state index contributed by atoms with van der Waals surface area (Å²) in [6.07, 6.45) is 5.76. The minimum atomic E-state index is -0.519. The number of para-hydroxylation sites is 2. The first kappa shape index (κ1) is 15.8. The molecule has 4 nitrogen and oxygen atoms in total. The van der Waals surface area contributed by atoms with E-state index in [1.807, 2.05) is 18.2 Å². The van der Waals surface area contributed by atoms with Gasteiger partial charge in [0.25, 0.3) is 0 Å². The lowest BCUT2D eigenvalue weighted by Crippen LogP contribution is -2.12. The number of ether oxygens (including phenoxy) is 1. The van der Waals surface area contributed by atoms with E-state index in [4.69, 9.17) is 10.5 Å². The van der Waals surface area contributed by atoms with Crippen LogP contribution in [-0.2, 0) is 0 Å². The van der Waals surface area contributed by atoms with Gasteiger partial charge in [-0.3, -0.25) is 4.99 Å². The van der Waals surface area contributed by atoms with Crippen LogP contribution in [0.15, 0.2) is 53.8 Å². The van der Waals surface area contributed by atoms with Crippen molar-refractivity contribution >= 4 is 11.9 Å². The number of allylic oxidation sites excluding steroid dienone is 1. The molecule has 0 aromatic heterocycles. The average molecular weight is 277 g/mol. The number of anilines is 1. The largest absolute Gasteiger partial charge is 0.489 e. The molecule has 0 aliphatic rings. The molecular weight excluding hydrogens is 257 g/mol. The third-order valence-corrected chi connectivity index (χ3v) is 2.32. The SMILES string of the molecule is C=CC/C=N\C=C(\N)CNc1ccccc1OCCF. The lowest BCUT2D eigenvalue weighted by Gasteiger charge is -2.12. The van der Waals surface area contributed by atoms with Gasteiger partial charge < -0.3 is 15.8 Å². The molecule has 1 rings (SSSR count). The second-order valence-corrected chi connectivity index (χ2v) is 3.95. The fourth-order valence-corrected chi connectivity index (χ4v) is 1.41. The number of halogens is 1. The Morgan fingerprint density at radius 2 is 2.25 bits per heavy atom. The summed E-state index contributed by atoms with van der Waals surface area (Å²) in [5.74, 6) is 0.605. The molecule has 20 heavy (non-hydrogen) atoms. The monoisotopic (exact) mass is 277 g/mol. The van der Waals surface area contributed by atoms with Gasteiger partial charge in [-0.2, -0.15) is 0 Å². The molecule has 0 aliphatic carbocycles. The van der Waals surface area contributed by atoms with Gasteiger partial charge in [-0.15, -0.1) is 6.58 Å². The van der Waals surface area contributed by atoms with Crippen LogP contribution in [0.5, 0.6) is 5.75 Å². The Hall–Kier alpha value is -2.30. The molecule has 0 heterocycles. The zero-order valence-electron chi connectivity index (χ0n) is 11.4. The number of hydrogen-bond acceptors (Lipinski definition) is 4. The maximum atomic E-state index is 12.1. The first-order valence-corrected chi connectivity index (χ1v) is 6.36. The molecule has 0 radical (unpaired) electrons. The number of hydrogen-bond donors (Lipinski definition) is 2. The van der Waals surface area contributed by atoms with Crippen molar-refractivity contribution in [2.75, 3.05) is 25.1 Å². The Morgan fingerprint density at radius 1 is 1.45 bits per heavy atom. The lowest BCUT2D eigenvalue weighted by molar-refractivity contribution is 0.274. The van der Waals surface area contributed by atoms with E-state index in [1.54, 1.807) is 24.6 Å². The van der Waals surface area contributed by atoms with Gasteiger partial charge in [0.2, 0.25) is 0 Å². The molecule has 0 spiro atoms. The molecular formula is C15H20FN3O. The van der Waals surface area contributed by atoms with Crippen LogP contribution >= 0.6 is 0 Å². The maximum Gasteiger partial charge on any atom is 0.142 e. The van der Waals surface area contributed by atoms with Crippen LogP contribution in [0.3, 0.4) is 0 Å². The quantitative estimate of drug-likeness (QED) is 0.539. The topological polar surface area (TPSA) is 59.6 Å². The number of nitrogens with zero attached hydrogens (tertiary/aromatic N) is 1. The number of aliphatic imine (C=N–C) groups is 1. The van der Waals surface area contributed by atoms with E-state index in [9.17, 15) is 4.39 Å². The van der Waals surface area contributed by atoms with E-state index in [0.717, 1.165) is 5.69 Å². The number of nitrogens with two attached hydrogens (primary N) is 1. The van der Waals surface area contributed by atoms with Crippen molar-refractivity contribution in [3.05, 3.63) is 48.8 Å². The van der Waals surface area contributed by atoms with Crippen LogP contribution in [0.2, 0.25) is 0 Å². The molecule has 108 valence electrons. The second kappa shape index (κ2) is 9.61. The van der Waals surface area contributed by atoms with E-state index >= 15 is 0 Å². The van der Waals surface area contributed by atoms with Crippen LogP contribution in [-0.4, -0.2) is 26.0 Å². The van der Waals surface area contributed by atoms with Gasteiger partial charge in [-0.05, 0) is 12.1 Å². The van der Waals surface area contributed by atoms with Crippen LogP contribution in [0.4, 0.5) is 10.1 Å². The third kappa shape index (κ3) is 6.04. The molecule has 0 unspecified atom stereocenters. The Labute approximate surface area is 118 Å². The molecule has 1 aromatic rings. The Kier molecular flexibility index (Phi) is 7.57. The summed E-state index contributed by atoms with van der Waals surface area (Å²) < 4.78 is 17.4. The van der Waals surface area contributed by atoms with Gasteiger partial charge in [-0.1, -0.05) is 18.2 Å². The molecule has 1 aromatic carbocycles. The number of benzene rings is 1. The summed E-state index contributed by atoms with van der Waals surface area (Å²) in [7, 11) is 0. The minimum Gasteiger partial charge on any atom is -0.489 e. The Morgan fingerprint density at radius 3 is 3.00 bits per heavy atom. The van der Waals surface area contributed by atoms with Crippen molar-refractivity contribution in [2.45, 2.75) is 6.42 Å². The highest BCUT2D eigenvalue weighted by Gasteiger charge is 2.02. The molecule has 0 bridgehead atoms. The fraction of sp³-hybridized carbons (Fsp3) is 0.267. The molecule has 0 fully saturated rings. The summed E-state index contributed by atoms with van der Waals surface area (Å²) in [4.78, 5) is 4.04. The van der Waals surface area contributed by atoms with Gasteiger partial charge in [0, 0.05) is 24.5 Å². The highest BCUT2D eigenvalue weighted by molar-refractivity contribution is 5.60. The summed E-state index contributed by atoms with van der Waals surface area (Å²) in [5.41, 5.74) is 7.17. The van der Waals surface area contributed by atoms with E-state index in [2.05, 4.69) is 16.9 Å². The first-order valence-electron chi connectivity index (χ1n) is 6.36.